The monoisotopic (exact) mass is 345 g/mol. The summed E-state index contributed by atoms with van der Waals surface area (Å²) in [6, 6.07) is 16.0. The molecule has 1 aliphatic heterocycles. The summed E-state index contributed by atoms with van der Waals surface area (Å²) in [5, 5.41) is 2.37. The van der Waals surface area contributed by atoms with E-state index in [-0.39, 0.29) is 5.91 Å². The Morgan fingerprint density at radius 3 is 2.62 bits per heavy atom. The van der Waals surface area contributed by atoms with E-state index in [2.05, 4.69) is 30.3 Å². The van der Waals surface area contributed by atoms with E-state index in [0.29, 0.717) is 24.3 Å². The third-order valence-electron chi connectivity index (χ3n) is 4.85. The largest absolute Gasteiger partial charge is 0.366 e. The number of hydrogen-bond acceptors (Lipinski definition) is 2. The molecule has 0 unspecified atom stereocenters. The number of aromatic nitrogens is 1. The van der Waals surface area contributed by atoms with Gasteiger partial charge in [-0.15, -0.1) is 0 Å². The zero-order chi connectivity index (χ0) is 18.3. The molecule has 0 atom stereocenters. The predicted octanol–water partition coefficient (Wildman–Crippen LogP) is 2.82. The highest BCUT2D eigenvalue weighted by Gasteiger charge is 2.25. The Bertz CT molecular complexity index is 1060. The van der Waals surface area contributed by atoms with Crippen LogP contribution in [0.1, 0.15) is 26.4 Å². The van der Waals surface area contributed by atoms with Gasteiger partial charge in [0.05, 0.1) is 5.56 Å². The number of rotatable bonds is 3. The van der Waals surface area contributed by atoms with Crippen molar-refractivity contribution in [3.63, 3.8) is 0 Å². The van der Waals surface area contributed by atoms with E-state index in [1.165, 1.54) is 10.8 Å². The molecule has 3 aromatic rings. The fraction of sp³-hybridized carbons (Fsp3) is 0.143. The first-order chi connectivity index (χ1) is 12.5. The van der Waals surface area contributed by atoms with Crippen LogP contribution in [-0.4, -0.2) is 34.4 Å². The Labute approximate surface area is 151 Å². The minimum Gasteiger partial charge on any atom is -0.366 e. The highest BCUT2D eigenvalue weighted by atomic mass is 16.2. The van der Waals surface area contributed by atoms with Gasteiger partial charge in [-0.2, -0.15) is 0 Å². The van der Waals surface area contributed by atoms with Crippen molar-refractivity contribution in [2.45, 2.75) is 0 Å². The fourth-order valence-corrected chi connectivity index (χ4v) is 3.48. The van der Waals surface area contributed by atoms with Gasteiger partial charge in [0.15, 0.2) is 0 Å². The molecule has 4 rings (SSSR count). The molecule has 5 nitrogen and oxygen atoms in total. The summed E-state index contributed by atoms with van der Waals surface area (Å²) in [7, 11) is 1.74. The maximum atomic E-state index is 12.9. The minimum atomic E-state index is -0.532. The van der Waals surface area contributed by atoms with Gasteiger partial charge in [0.2, 0.25) is 5.91 Å². The van der Waals surface area contributed by atoms with E-state index in [9.17, 15) is 9.59 Å². The number of nitrogens with two attached hydrogens (primary N) is 1. The van der Waals surface area contributed by atoms with Gasteiger partial charge in [-0.25, -0.2) is 0 Å². The third-order valence-corrected chi connectivity index (χ3v) is 4.85. The quantitative estimate of drug-likeness (QED) is 0.793. The van der Waals surface area contributed by atoms with Crippen molar-refractivity contribution in [3.8, 4) is 0 Å². The van der Waals surface area contributed by atoms with Crippen molar-refractivity contribution >= 4 is 28.2 Å². The lowest BCUT2D eigenvalue weighted by molar-refractivity contribution is 0.0792. The van der Waals surface area contributed by atoms with Crippen LogP contribution in [0, 0.1) is 0 Å². The zero-order valence-electron chi connectivity index (χ0n) is 14.5. The van der Waals surface area contributed by atoms with Gasteiger partial charge >= 0.3 is 0 Å². The van der Waals surface area contributed by atoms with Crippen molar-refractivity contribution < 1.29 is 9.59 Å². The molecule has 0 bridgehead atoms. The summed E-state index contributed by atoms with van der Waals surface area (Å²) < 4.78 is 1.65. The summed E-state index contributed by atoms with van der Waals surface area (Å²) in [6.07, 6.45) is 3.68. The molecule has 26 heavy (non-hydrogen) atoms. The summed E-state index contributed by atoms with van der Waals surface area (Å²) >= 11 is 0. The molecule has 0 fully saturated rings. The van der Waals surface area contributed by atoms with Crippen LogP contribution in [-0.2, 0) is 7.05 Å². The molecule has 1 aliphatic rings. The zero-order valence-corrected chi connectivity index (χ0v) is 14.5. The average molecular weight is 345 g/mol. The lowest BCUT2D eigenvalue weighted by Crippen LogP contribution is -2.30. The highest BCUT2D eigenvalue weighted by Crippen LogP contribution is 2.29. The lowest BCUT2D eigenvalue weighted by atomic mass is 9.99. The molecule has 2 aromatic carbocycles. The summed E-state index contributed by atoms with van der Waals surface area (Å²) in [6.45, 7) is 1.10. The third kappa shape index (κ3) is 2.67. The van der Waals surface area contributed by atoms with Gasteiger partial charge in [0.25, 0.3) is 5.91 Å². The van der Waals surface area contributed by atoms with Crippen LogP contribution in [0.3, 0.4) is 0 Å². The molecule has 2 amide bonds. The highest BCUT2D eigenvalue weighted by molar-refractivity contribution is 6.01. The summed E-state index contributed by atoms with van der Waals surface area (Å²) in [5.74, 6) is -0.637. The van der Waals surface area contributed by atoms with Crippen LogP contribution in [0.2, 0.25) is 0 Å². The van der Waals surface area contributed by atoms with Crippen molar-refractivity contribution in [2.24, 2.45) is 12.8 Å². The van der Waals surface area contributed by atoms with Gasteiger partial charge in [-0.1, -0.05) is 48.5 Å². The normalized spacial score (nSPS) is 13.9. The van der Waals surface area contributed by atoms with Gasteiger partial charge in [-0.3, -0.25) is 9.59 Å². The Balaban J connectivity index is 1.60. The minimum absolute atomic E-state index is 0.105. The van der Waals surface area contributed by atoms with E-state index >= 15 is 0 Å². The van der Waals surface area contributed by atoms with Crippen molar-refractivity contribution in [2.75, 3.05) is 13.1 Å². The number of primary amides is 1. The number of hydrogen-bond donors (Lipinski definition) is 1. The number of carbonyl (C=O) groups excluding carboxylic acids is 2. The number of carbonyl (C=O) groups is 2. The SMILES string of the molecule is Cn1cc(C(N)=O)cc1C(=O)N1CC=C(c2cccc3ccccc23)C1. The summed E-state index contributed by atoms with van der Waals surface area (Å²) in [4.78, 5) is 26.0. The Morgan fingerprint density at radius 2 is 1.85 bits per heavy atom. The second-order valence-corrected chi connectivity index (χ2v) is 6.53. The van der Waals surface area contributed by atoms with Crippen LogP contribution in [0.5, 0.6) is 0 Å². The van der Waals surface area contributed by atoms with E-state index in [1.807, 2.05) is 18.2 Å². The predicted molar refractivity (Wildman–Crippen MR) is 102 cm³/mol. The molecule has 0 aliphatic carbocycles. The van der Waals surface area contributed by atoms with E-state index < -0.39 is 5.91 Å². The van der Waals surface area contributed by atoms with E-state index in [1.54, 1.807) is 28.8 Å². The van der Waals surface area contributed by atoms with Gasteiger partial charge in [-0.05, 0) is 28.0 Å². The molecule has 0 saturated carbocycles. The molecule has 2 N–H and O–H groups in total. The first-order valence-electron chi connectivity index (χ1n) is 8.47. The number of fused-ring (bicyclic) bond motifs is 1. The van der Waals surface area contributed by atoms with Crippen LogP contribution in [0.15, 0.2) is 60.8 Å². The van der Waals surface area contributed by atoms with E-state index in [4.69, 9.17) is 5.73 Å². The second kappa shape index (κ2) is 6.19. The molecule has 0 saturated heterocycles. The number of nitrogens with zero attached hydrogens (tertiary/aromatic N) is 2. The molecule has 0 spiro atoms. The van der Waals surface area contributed by atoms with Crippen molar-refractivity contribution in [1.29, 1.82) is 0 Å². The lowest BCUT2D eigenvalue weighted by Gasteiger charge is -2.17. The van der Waals surface area contributed by atoms with Crippen molar-refractivity contribution in [3.05, 3.63) is 77.6 Å². The van der Waals surface area contributed by atoms with Crippen molar-refractivity contribution in [1.82, 2.24) is 9.47 Å². The standard InChI is InChI=1S/C21H19N3O2/c1-23-12-16(20(22)25)11-19(23)21(26)24-10-9-15(13-24)18-8-4-6-14-5-2-3-7-17(14)18/h2-9,11-12H,10,13H2,1H3,(H2,22,25). The van der Waals surface area contributed by atoms with Gasteiger partial charge < -0.3 is 15.2 Å². The molecule has 5 heteroatoms. The average Bonchev–Trinajstić information content (AvgIpc) is 3.28. The molecular weight excluding hydrogens is 326 g/mol. The maximum Gasteiger partial charge on any atom is 0.271 e. The molecular formula is C21H19N3O2. The molecule has 0 radical (unpaired) electrons. The Kier molecular flexibility index (Phi) is 3.84. The maximum absolute atomic E-state index is 12.9. The second-order valence-electron chi connectivity index (χ2n) is 6.53. The number of aryl methyl sites for hydroxylation is 1. The van der Waals surface area contributed by atoms with Crippen LogP contribution in [0.25, 0.3) is 16.3 Å². The Morgan fingerprint density at radius 1 is 1.08 bits per heavy atom. The fourth-order valence-electron chi connectivity index (χ4n) is 3.48. The van der Waals surface area contributed by atoms with E-state index in [0.717, 1.165) is 11.1 Å². The van der Waals surface area contributed by atoms with Crippen LogP contribution < -0.4 is 5.73 Å². The van der Waals surface area contributed by atoms with Crippen LogP contribution in [0.4, 0.5) is 0 Å². The van der Waals surface area contributed by atoms with Gasteiger partial charge in [0, 0.05) is 26.3 Å². The molecule has 1 aromatic heterocycles. The molecule has 130 valence electrons. The van der Waals surface area contributed by atoms with Gasteiger partial charge in [0.1, 0.15) is 5.69 Å². The number of benzene rings is 2. The molecule has 2 heterocycles. The first kappa shape index (κ1) is 16.1. The Hall–Kier alpha value is -3.34. The topological polar surface area (TPSA) is 68.3 Å². The van der Waals surface area contributed by atoms with Crippen LogP contribution >= 0.6 is 0 Å². The smallest absolute Gasteiger partial charge is 0.271 e. The first-order valence-corrected chi connectivity index (χ1v) is 8.47. The number of amides is 2. The summed E-state index contributed by atoms with van der Waals surface area (Å²) in [5.41, 5.74) is 8.42.